The molecule has 0 saturated heterocycles. The van der Waals surface area contributed by atoms with Crippen molar-refractivity contribution in [2.75, 3.05) is 6.61 Å². The van der Waals surface area contributed by atoms with Crippen LogP contribution in [-0.2, 0) is 20.6 Å². The quantitative estimate of drug-likeness (QED) is 0.358. The third kappa shape index (κ3) is 7.73. The molecule has 0 aromatic heterocycles. The summed E-state index contributed by atoms with van der Waals surface area (Å²) in [5.74, 6) is 0.379. The predicted molar refractivity (Wildman–Crippen MR) is 112 cm³/mol. The lowest BCUT2D eigenvalue weighted by molar-refractivity contribution is -0.111. The van der Waals surface area contributed by atoms with Gasteiger partial charge in [-0.1, -0.05) is 65.0 Å². The van der Waals surface area contributed by atoms with Crippen molar-refractivity contribution < 1.29 is 14.0 Å². The first-order valence-corrected chi connectivity index (χ1v) is 12.7. The molecule has 0 aliphatic carbocycles. The van der Waals surface area contributed by atoms with Crippen molar-refractivity contribution in [2.45, 2.75) is 78.3 Å². The number of hydrogen-bond acceptors (Lipinski definition) is 3. The molecule has 1 rings (SSSR count). The molecule has 0 amide bonds. The lowest BCUT2D eigenvalue weighted by Crippen LogP contribution is -2.46. The van der Waals surface area contributed by atoms with Crippen LogP contribution in [0.15, 0.2) is 30.3 Å². The van der Waals surface area contributed by atoms with Crippen molar-refractivity contribution in [1.29, 1.82) is 0 Å². The zero-order valence-electron chi connectivity index (χ0n) is 17.7. The van der Waals surface area contributed by atoms with Crippen molar-refractivity contribution in [2.24, 2.45) is 11.8 Å². The van der Waals surface area contributed by atoms with Crippen LogP contribution in [0, 0.1) is 11.8 Å². The third-order valence-corrected chi connectivity index (χ3v) is 10.0. The van der Waals surface area contributed by atoms with E-state index in [2.05, 4.69) is 52.9 Å². The van der Waals surface area contributed by atoms with Gasteiger partial charge >= 0.3 is 0 Å². The molecule has 0 aliphatic heterocycles. The molecule has 0 heterocycles. The molecule has 0 saturated carbocycles. The number of ether oxygens (including phenoxy) is 1. The first-order valence-electron chi connectivity index (χ1n) is 9.81. The maximum absolute atomic E-state index is 11.0. The Morgan fingerprint density at radius 3 is 2.23 bits per heavy atom. The van der Waals surface area contributed by atoms with E-state index in [0.717, 1.165) is 19.1 Å². The second kappa shape index (κ2) is 10.4. The standard InChI is InChI=1S/C22H38O3Si/c1-18(15-23)13-14-21(25-26(6,7)22(3,4)5)19(2)16-24-17-20-11-9-8-10-12-20/h8-12,15,18-19,21H,13-14,16-17H2,1-7H3/t18?,19-,21?/m1/s1. The second-order valence-electron chi connectivity index (χ2n) is 9.09. The Bertz CT molecular complexity index is 522. The molecule has 4 heteroatoms. The van der Waals surface area contributed by atoms with Gasteiger partial charge in [-0.2, -0.15) is 0 Å². The normalized spacial score (nSPS) is 16.1. The minimum Gasteiger partial charge on any atom is -0.414 e. The summed E-state index contributed by atoms with van der Waals surface area (Å²) in [6.07, 6.45) is 2.95. The number of aldehydes is 1. The van der Waals surface area contributed by atoms with Crippen molar-refractivity contribution in [1.82, 2.24) is 0 Å². The number of carbonyl (C=O) groups is 1. The van der Waals surface area contributed by atoms with Crippen LogP contribution in [0.5, 0.6) is 0 Å². The minimum absolute atomic E-state index is 0.0814. The summed E-state index contributed by atoms with van der Waals surface area (Å²) < 4.78 is 12.7. The van der Waals surface area contributed by atoms with E-state index in [1.165, 1.54) is 5.56 Å². The summed E-state index contributed by atoms with van der Waals surface area (Å²) in [6.45, 7) is 16.9. The average Bonchev–Trinajstić information content (AvgIpc) is 2.58. The molecule has 0 aliphatic rings. The molecule has 26 heavy (non-hydrogen) atoms. The summed E-state index contributed by atoms with van der Waals surface area (Å²) >= 11 is 0. The Morgan fingerprint density at radius 1 is 1.08 bits per heavy atom. The fourth-order valence-corrected chi connectivity index (χ4v) is 4.01. The van der Waals surface area contributed by atoms with Crippen molar-refractivity contribution >= 4 is 14.6 Å². The van der Waals surface area contributed by atoms with Gasteiger partial charge in [0.05, 0.1) is 13.2 Å². The number of carbonyl (C=O) groups excluding carboxylic acids is 1. The average molecular weight is 379 g/mol. The predicted octanol–water partition coefficient (Wildman–Crippen LogP) is 5.84. The molecule has 0 N–H and O–H groups in total. The van der Waals surface area contributed by atoms with Crippen LogP contribution in [0.1, 0.15) is 53.0 Å². The molecule has 1 aromatic carbocycles. The van der Waals surface area contributed by atoms with E-state index in [-0.39, 0.29) is 17.1 Å². The van der Waals surface area contributed by atoms with Crippen LogP contribution in [0.2, 0.25) is 18.1 Å². The maximum atomic E-state index is 11.0. The Morgan fingerprint density at radius 2 is 1.69 bits per heavy atom. The van der Waals surface area contributed by atoms with E-state index in [0.29, 0.717) is 19.1 Å². The Kier molecular flexibility index (Phi) is 9.21. The second-order valence-corrected chi connectivity index (χ2v) is 13.8. The van der Waals surface area contributed by atoms with E-state index < -0.39 is 8.32 Å². The number of hydrogen-bond donors (Lipinski definition) is 0. The minimum atomic E-state index is -1.86. The summed E-state index contributed by atoms with van der Waals surface area (Å²) in [6, 6.07) is 10.3. The van der Waals surface area contributed by atoms with Gasteiger partial charge in [-0.15, -0.1) is 0 Å². The fraction of sp³-hybridized carbons (Fsp3) is 0.682. The molecule has 3 nitrogen and oxygen atoms in total. The molecule has 148 valence electrons. The van der Waals surface area contributed by atoms with Crippen LogP contribution >= 0.6 is 0 Å². The van der Waals surface area contributed by atoms with Crippen LogP contribution in [0.3, 0.4) is 0 Å². The van der Waals surface area contributed by atoms with E-state index in [1.54, 1.807) is 0 Å². The maximum Gasteiger partial charge on any atom is 0.192 e. The Hall–Kier alpha value is -0.973. The van der Waals surface area contributed by atoms with Crippen molar-refractivity contribution in [3.63, 3.8) is 0 Å². The molecule has 0 bridgehead atoms. The molecule has 2 unspecified atom stereocenters. The zero-order valence-corrected chi connectivity index (χ0v) is 18.7. The first-order chi connectivity index (χ1) is 12.1. The van der Waals surface area contributed by atoms with E-state index in [1.807, 2.05) is 25.1 Å². The lowest BCUT2D eigenvalue weighted by atomic mass is 9.97. The van der Waals surface area contributed by atoms with Gasteiger partial charge in [0, 0.05) is 17.9 Å². The van der Waals surface area contributed by atoms with Gasteiger partial charge in [0.2, 0.25) is 0 Å². The monoisotopic (exact) mass is 378 g/mol. The van der Waals surface area contributed by atoms with Gasteiger partial charge in [0.15, 0.2) is 8.32 Å². The Labute approximate surface area is 161 Å². The molecule has 0 radical (unpaired) electrons. The number of rotatable bonds is 11. The molecular weight excluding hydrogens is 340 g/mol. The van der Waals surface area contributed by atoms with Crippen molar-refractivity contribution in [3.05, 3.63) is 35.9 Å². The van der Waals surface area contributed by atoms with Crippen LogP contribution in [0.25, 0.3) is 0 Å². The third-order valence-electron chi connectivity index (χ3n) is 5.52. The zero-order chi connectivity index (χ0) is 19.8. The smallest absolute Gasteiger partial charge is 0.192 e. The molecule has 0 fully saturated rings. The van der Waals surface area contributed by atoms with E-state index >= 15 is 0 Å². The lowest BCUT2D eigenvalue weighted by Gasteiger charge is -2.41. The molecule has 0 spiro atoms. The SMILES string of the molecule is CC(C=O)CCC(O[Si](C)(C)C(C)(C)C)[C@H](C)COCc1ccccc1. The molecule has 1 aromatic rings. The highest BCUT2D eigenvalue weighted by atomic mass is 28.4. The highest BCUT2D eigenvalue weighted by Crippen LogP contribution is 2.38. The van der Waals surface area contributed by atoms with Crippen LogP contribution < -0.4 is 0 Å². The molecular formula is C22H38O3Si. The Balaban J connectivity index is 2.67. The van der Waals surface area contributed by atoms with Gasteiger partial charge in [-0.25, -0.2) is 0 Å². The highest BCUT2D eigenvalue weighted by molar-refractivity contribution is 6.74. The van der Waals surface area contributed by atoms with Gasteiger partial charge in [-0.3, -0.25) is 0 Å². The van der Waals surface area contributed by atoms with Gasteiger partial charge in [0.1, 0.15) is 6.29 Å². The highest BCUT2D eigenvalue weighted by Gasteiger charge is 2.40. The van der Waals surface area contributed by atoms with Gasteiger partial charge < -0.3 is 14.0 Å². The molecule has 3 atom stereocenters. The largest absolute Gasteiger partial charge is 0.414 e. The topological polar surface area (TPSA) is 35.5 Å². The summed E-state index contributed by atoms with van der Waals surface area (Å²) in [4.78, 5) is 11.0. The van der Waals surface area contributed by atoms with Crippen molar-refractivity contribution in [3.8, 4) is 0 Å². The first kappa shape index (κ1) is 23.1. The fourth-order valence-electron chi connectivity index (χ4n) is 2.55. The van der Waals surface area contributed by atoms with E-state index in [9.17, 15) is 4.79 Å². The van der Waals surface area contributed by atoms with Crippen LogP contribution in [-0.4, -0.2) is 27.3 Å². The van der Waals surface area contributed by atoms with Gasteiger partial charge in [-0.05, 0) is 36.5 Å². The van der Waals surface area contributed by atoms with Gasteiger partial charge in [0.25, 0.3) is 0 Å². The van der Waals surface area contributed by atoms with E-state index in [4.69, 9.17) is 9.16 Å². The summed E-state index contributed by atoms with van der Waals surface area (Å²) in [5.41, 5.74) is 1.19. The number of benzene rings is 1. The summed E-state index contributed by atoms with van der Waals surface area (Å²) in [7, 11) is -1.86. The summed E-state index contributed by atoms with van der Waals surface area (Å²) in [5, 5.41) is 0.173. The van der Waals surface area contributed by atoms with Crippen LogP contribution in [0.4, 0.5) is 0 Å².